The lowest BCUT2D eigenvalue weighted by atomic mass is 10.2. The van der Waals surface area contributed by atoms with Crippen LogP contribution in [0.1, 0.15) is 6.42 Å². The summed E-state index contributed by atoms with van der Waals surface area (Å²) in [5.41, 5.74) is 0. The van der Waals surface area contributed by atoms with Gasteiger partial charge in [0.05, 0.1) is 9.81 Å². The first-order valence-corrected chi connectivity index (χ1v) is 3.83. The van der Waals surface area contributed by atoms with Crippen molar-refractivity contribution in [1.82, 2.24) is 0 Å². The number of rotatable bonds is 1. The Kier molecular flexibility index (Phi) is 2.65. The molecule has 0 saturated heterocycles. The summed E-state index contributed by atoms with van der Waals surface area (Å²) in [7, 11) is 1.70. The highest BCUT2D eigenvalue weighted by atomic mass is 127. The highest BCUT2D eigenvalue weighted by Gasteiger charge is 2.05. The molecule has 50 valence electrons. The van der Waals surface area contributed by atoms with Gasteiger partial charge in [-0.2, -0.15) is 0 Å². The molecule has 0 amide bonds. The quantitative estimate of drug-likeness (QED) is 0.503. The van der Waals surface area contributed by atoms with Crippen molar-refractivity contribution in [2.75, 3.05) is 7.11 Å². The van der Waals surface area contributed by atoms with Crippen LogP contribution in [0.5, 0.6) is 0 Å². The van der Waals surface area contributed by atoms with Crippen molar-refractivity contribution in [1.29, 1.82) is 0 Å². The van der Waals surface area contributed by atoms with Gasteiger partial charge < -0.3 is 4.74 Å². The van der Waals surface area contributed by atoms with Crippen LogP contribution in [-0.2, 0) is 4.74 Å². The van der Waals surface area contributed by atoms with Crippen LogP contribution in [0.25, 0.3) is 0 Å². The molecule has 3 heteroatoms. The van der Waals surface area contributed by atoms with E-state index in [4.69, 9.17) is 4.74 Å². The first kappa shape index (κ1) is 7.21. The lowest BCUT2D eigenvalue weighted by Gasteiger charge is -2.09. The number of nitrogens with zero attached hydrogens (tertiary/aromatic N) is 1. The summed E-state index contributed by atoms with van der Waals surface area (Å²) in [6.07, 6.45) is 5.05. The third-order valence-corrected chi connectivity index (χ3v) is 1.90. The Morgan fingerprint density at radius 1 is 1.89 bits per heavy atom. The van der Waals surface area contributed by atoms with Crippen molar-refractivity contribution in [3.8, 4) is 0 Å². The Bertz CT molecular complexity index is 153. The Labute approximate surface area is 68.1 Å². The molecule has 1 heterocycles. The van der Waals surface area contributed by atoms with Crippen LogP contribution in [0, 0.1) is 0 Å². The van der Waals surface area contributed by atoms with Gasteiger partial charge >= 0.3 is 0 Å². The molecule has 0 aromatic heterocycles. The average molecular weight is 237 g/mol. The van der Waals surface area contributed by atoms with Crippen molar-refractivity contribution in [3.63, 3.8) is 0 Å². The smallest absolute Gasteiger partial charge is 0.0967 e. The molecule has 0 N–H and O–H groups in total. The van der Waals surface area contributed by atoms with Crippen LogP contribution in [0.4, 0.5) is 0 Å². The Morgan fingerprint density at radius 2 is 2.67 bits per heavy atom. The van der Waals surface area contributed by atoms with E-state index < -0.39 is 0 Å². The Hall–Kier alpha value is 0.100. The zero-order valence-corrected chi connectivity index (χ0v) is 7.33. The van der Waals surface area contributed by atoms with Crippen molar-refractivity contribution >= 4 is 28.8 Å². The molecule has 1 unspecified atom stereocenters. The maximum atomic E-state index is 5.04. The zero-order chi connectivity index (χ0) is 6.69. The van der Waals surface area contributed by atoms with E-state index in [9.17, 15) is 0 Å². The standard InChI is InChI=1S/C6H8INO/c1-9-5-2-3-6(7)8-4-5/h3-5H,2H2,1H3. The number of hydrogen-bond acceptors (Lipinski definition) is 2. The summed E-state index contributed by atoms with van der Waals surface area (Å²) in [6, 6.07) is 0. The van der Waals surface area contributed by atoms with E-state index in [0.29, 0.717) is 0 Å². The third-order valence-electron chi connectivity index (χ3n) is 1.19. The van der Waals surface area contributed by atoms with Crippen molar-refractivity contribution in [2.45, 2.75) is 12.5 Å². The summed E-state index contributed by atoms with van der Waals surface area (Å²) in [4.78, 5) is 4.08. The molecule has 9 heavy (non-hydrogen) atoms. The molecule has 0 aromatic rings. The van der Waals surface area contributed by atoms with Crippen molar-refractivity contribution in [3.05, 3.63) is 9.78 Å². The monoisotopic (exact) mass is 237 g/mol. The number of aliphatic imine (C=N–C) groups is 1. The highest BCUT2D eigenvalue weighted by molar-refractivity contribution is 14.1. The zero-order valence-electron chi connectivity index (χ0n) is 5.17. The van der Waals surface area contributed by atoms with Gasteiger partial charge in [0.25, 0.3) is 0 Å². The molecule has 1 aliphatic heterocycles. The lowest BCUT2D eigenvalue weighted by molar-refractivity contribution is 0.161. The summed E-state index contributed by atoms with van der Waals surface area (Å²) in [6.45, 7) is 0. The second-order valence-corrected chi connectivity index (χ2v) is 2.92. The van der Waals surface area contributed by atoms with Crippen LogP contribution in [0.2, 0.25) is 0 Å². The Morgan fingerprint density at radius 3 is 3.11 bits per heavy atom. The summed E-state index contributed by atoms with van der Waals surface area (Å²) in [5.74, 6) is 0. The van der Waals surface area contributed by atoms with Crippen LogP contribution in [0.15, 0.2) is 14.8 Å². The van der Waals surface area contributed by atoms with E-state index in [1.807, 2.05) is 6.21 Å². The van der Waals surface area contributed by atoms with Crippen molar-refractivity contribution < 1.29 is 4.74 Å². The fourth-order valence-electron chi connectivity index (χ4n) is 0.638. The number of methoxy groups -OCH3 is 1. The summed E-state index contributed by atoms with van der Waals surface area (Å²) >= 11 is 2.19. The van der Waals surface area contributed by atoms with Gasteiger partial charge in [0.15, 0.2) is 0 Å². The van der Waals surface area contributed by atoms with Gasteiger partial charge in [0.1, 0.15) is 0 Å². The maximum Gasteiger partial charge on any atom is 0.0967 e. The molecule has 0 aliphatic carbocycles. The van der Waals surface area contributed by atoms with Crippen LogP contribution < -0.4 is 0 Å². The highest BCUT2D eigenvalue weighted by Crippen LogP contribution is 2.14. The summed E-state index contributed by atoms with van der Waals surface area (Å²) < 4.78 is 6.10. The SMILES string of the molecule is COC1C=NC(I)=CC1. The van der Waals surface area contributed by atoms with Gasteiger partial charge in [-0.3, -0.25) is 4.99 Å². The number of hydrogen-bond donors (Lipinski definition) is 0. The molecule has 0 radical (unpaired) electrons. The first-order chi connectivity index (χ1) is 4.33. The van der Waals surface area contributed by atoms with Gasteiger partial charge in [0.2, 0.25) is 0 Å². The molecule has 1 aliphatic rings. The first-order valence-electron chi connectivity index (χ1n) is 2.75. The second kappa shape index (κ2) is 3.31. The van der Waals surface area contributed by atoms with E-state index in [2.05, 4.69) is 33.7 Å². The van der Waals surface area contributed by atoms with E-state index >= 15 is 0 Å². The van der Waals surface area contributed by atoms with Gasteiger partial charge in [-0.25, -0.2) is 0 Å². The predicted octanol–water partition coefficient (Wildman–Crippen LogP) is 1.75. The Balaban J connectivity index is 2.48. The van der Waals surface area contributed by atoms with Gasteiger partial charge in [-0.1, -0.05) is 0 Å². The normalized spacial score (nSPS) is 26.0. The minimum absolute atomic E-state index is 0.198. The molecule has 0 spiro atoms. The molecular formula is C6H8INO. The lowest BCUT2D eigenvalue weighted by Crippen LogP contribution is -2.12. The second-order valence-electron chi connectivity index (χ2n) is 1.81. The van der Waals surface area contributed by atoms with E-state index in [0.717, 1.165) is 10.1 Å². The van der Waals surface area contributed by atoms with Gasteiger partial charge in [0, 0.05) is 13.3 Å². The minimum atomic E-state index is 0.198. The molecule has 0 aromatic carbocycles. The fourth-order valence-corrected chi connectivity index (χ4v) is 1.05. The molecule has 1 atom stereocenters. The molecular weight excluding hydrogens is 229 g/mol. The van der Waals surface area contributed by atoms with E-state index in [1.54, 1.807) is 7.11 Å². The number of ether oxygens (including phenoxy) is 1. The summed E-state index contributed by atoms with van der Waals surface area (Å²) in [5, 5.41) is 0. The number of halogens is 1. The average Bonchev–Trinajstić information content (AvgIpc) is 1.90. The molecule has 1 rings (SSSR count). The topological polar surface area (TPSA) is 21.6 Å². The van der Waals surface area contributed by atoms with Crippen LogP contribution >= 0.6 is 22.6 Å². The van der Waals surface area contributed by atoms with Crippen LogP contribution in [-0.4, -0.2) is 19.4 Å². The largest absolute Gasteiger partial charge is 0.375 e. The predicted molar refractivity (Wildman–Crippen MR) is 46.0 cm³/mol. The van der Waals surface area contributed by atoms with Crippen LogP contribution in [0.3, 0.4) is 0 Å². The van der Waals surface area contributed by atoms with Gasteiger partial charge in [-0.15, -0.1) is 0 Å². The minimum Gasteiger partial charge on any atom is -0.375 e. The molecule has 2 nitrogen and oxygen atoms in total. The van der Waals surface area contributed by atoms with Crippen molar-refractivity contribution in [2.24, 2.45) is 4.99 Å². The third kappa shape index (κ3) is 2.06. The van der Waals surface area contributed by atoms with E-state index in [1.165, 1.54) is 0 Å². The fraction of sp³-hybridized carbons (Fsp3) is 0.500. The molecule has 0 fully saturated rings. The van der Waals surface area contributed by atoms with Gasteiger partial charge in [-0.05, 0) is 35.1 Å². The molecule has 0 bridgehead atoms. The van der Waals surface area contributed by atoms with E-state index in [-0.39, 0.29) is 6.10 Å². The maximum absolute atomic E-state index is 5.04. The molecule has 0 saturated carbocycles.